The van der Waals surface area contributed by atoms with E-state index in [9.17, 15) is 9.59 Å². The van der Waals surface area contributed by atoms with Crippen LogP contribution in [-0.2, 0) is 18.3 Å². The first-order chi connectivity index (χ1) is 9.58. The number of carbonyl (C=O) groups excluding carboxylic acids is 1. The number of carboxylic acids is 1. The number of aromatic nitrogens is 3. The van der Waals surface area contributed by atoms with Gasteiger partial charge in [0.15, 0.2) is 0 Å². The zero-order valence-electron chi connectivity index (χ0n) is 11.4. The molecule has 0 bridgehead atoms. The fourth-order valence-electron chi connectivity index (χ4n) is 2.47. The number of hydrogen-bond donors (Lipinski definition) is 3. The molecule has 3 N–H and O–H groups in total. The van der Waals surface area contributed by atoms with Gasteiger partial charge in [-0.3, -0.25) is 4.79 Å². The van der Waals surface area contributed by atoms with E-state index in [0.29, 0.717) is 25.8 Å². The summed E-state index contributed by atoms with van der Waals surface area (Å²) in [6, 6.07) is -0.604. The van der Waals surface area contributed by atoms with E-state index < -0.39 is 11.9 Å². The number of urea groups is 1. The van der Waals surface area contributed by atoms with E-state index >= 15 is 0 Å². The highest BCUT2D eigenvalue weighted by molar-refractivity contribution is 5.77. The van der Waals surface area contributed by atoms with Crippen LogP contribution < -0.4 is 10.6 Å². The normalized spacial score (nSPS) is 21.6. The lowest BCUT2D eigenvalue weighted by atomic mass is 10.0. The van der Waals surface area contributed by atoms with Crippen molar-refractivity contribution in [2.24, 2.45) is 13.0 Å². The summed E-state index contributed by atoms with van der Waals surface area (Å²) >= 11 is 0. The molecule has 0 radical (unpaired) electrons. The van der Waals surface area contributed by atoms with Crippen molar-refractivity contribution in [3.63, 3.8) is 0 Å². The number of carboxylic acid groups (broad SMARTS) is 1. The first-order valence-electron chi connectivity index (χ1n) is 6.68. The maximum atomic E-state index is 11.7. The van der Waals surface area contributed by atoms with Gasteiger partial charge in [0.1, 0.15) is 12.2 Å². The Morgan fingerprint density at radius 1 is 1.50 bits per heavy atom. The third-order valence-corrected chi connectivity index (χ3v) is 3.59. The number of carbonyl (C=O) groups is 2. The lowest BCUT2D eigenvalue weighted by molar-refractivity contribution is -0.142. The molecule has 2 atom stereocenters. The molecule has 1 aliphatic rings. The molecule has 8 heteroatoms. The van der Waals surface area contributed by atoms with Crippen LogP contribution in [0.25, 0.3) is 0 Å². The van der Waals surface area contributed by atoms with Gasteiger partial charge >= 0.3 is 12.0 Å². The molecule has 0 saturated heterocycles. The zero-order valence-corrected chi connectivity index (χ0v) is 11.4. The first-order valence-corrected chi connectivity index (χ1v) is 6.68. The molecule has 2 rings (SSSR count). The van der Waals surface area contributed by atoms with E-state index in [1.807, 2.05) is 7.05 Å². The van der Waals surface area contributed by atoms with Crippen LogP contribution in [0.2, 0.25) is 0 Å². The van der Waals surface area contributed by atoms with Crippen molar-refractivity contribution in [1.82, 2.24) is 25.4 Å². The highest BCUT2D eigenvalue weighted by Crippen LogP contribution is 2.25. The Balaban J connectivity index is 1.73. The summed E-state index contributed by atoms with van der Waals surface area (Å²) in [6.45, 7) is 0.433. The van der Waals surface area contributed by atoms with Crippen molar-refractivity contribution in [1.29, 1.82) is 0 Å². The van der Waals surface area contributed by atoms with Crippen LogP contribution in [-0.4, -0.2) is 44.5 Å². The average Bonchev–Trinajstić information content (AvgIpc) is 2.99. The molecule has 1 saturated carbocycles. The van der Waals surface area contributed by atoms with E-state index in [2.05, 4.69) is 20.8 Å². The predicted octanol–water partition coefficient (Wildman–Crippen LogP) is -0.0899. The molecule has 0 aliphatic heterocycles. The third kappa shape index (κ3) is 3.46. The summed E-state index contributed by atoms with van der Waals surface area (Å²) in [4.78, 5) is 22.7. The maximum absolute atomic E-state index is 11.7. The van der Waals surface area contributed by atoms with Gasteiger partial charge in [0.25, 0.3) is 0 Å². The van der Waals surface area contributed by atoms with E-state index in [1.165, 1.54) is 0 Å². The number of hydrogen-bond acceptors (Lipinski definition) is 4. The largest absolute Gasteiger partial charge is 0.481 e. The van der Waals surface area contributed by atoms with Gasteiger partial charge in [-0.25, -0.2) is 4.79 Å². The van der Waals surface area contributed by atoms with Gasteiger partial charge in [0.2, 0.25) is 0 Å². The van der Waals surface area contributed by atoms with Crippen molar-refractivity contribution >= 4 is 12.0 Å². The van der Waals surface area contributed by atoms with Crippen LogP contribution in [0.3, 0.4) is 0 Å². The van der Waals surface area contributed by atoms with Gasteiger partial charge < -0.3 is 20.3 Å². The molecule has 1 heterocycles. The third-order valence-electron chi connectivity index (χ3n) is 3.59. The lowest BCUT2D eigenvalue weighted by Crippen LogP contribution is -2.45. The molecule has 8 nitrogen and oxygen atoms in total. The molecule has 1 aliphatic carbocycles. The van der Waals surface area contributed by atoms with Gasteiger partial charge in [-0.2, -0.15) is 0 Å². The van der Waals surface area contributed by atoms with Gasteiger partial charge in [-0.1, -0.05) is 6.42 Å². The summed E-state index contributed by atoms with van der Waals surface area (Å²) < 4.78 is 1.79. The molecular formula is C12H19N5O3. The minimum absolute atomic E-state index is 0.276. The quantitative estimate of drug-likeness (QED) is 0.699. The van der Waals surface area contributed by atoms with E-state index in [4.69, 9.17) is 5.11 Å². The van der Waals surface area contributed by atoms with E-state index in [1.54, 1.807) is 10.9 Å². The molecule has 0 aromatic carbocycles. The average molecular weight is 281 g/mol. The number of amides is 2. The summed E-state index contributed by atoms with van der Waals surface area (Å²) in [5, 5.41) is 22.1. The Kier molecular flexibility index (Phi) is 4.54. The molecule has 2 unspecified atom stereocenters. The van der Waals surface area contributed by atoms with Crippen molar-refractivity contribution in [2.75, 3.05) is 6.54 Å². The summed E-state index contributed by atoms with van der Waals surface area (Å²) in [7, 11) is 1.84. The fourth-order valence-corrected chi connectivity index (χ4v) is 2.47. The predicted molar refractivity (Wildman–Crippen MR) is 70.0 cm³/mol. The zero-order chi connectivity index (χ0) is 14.5. The van der Waals surface area contributed by atoms with Crippen molar-refractivity contribution < 1.29 is 14.7 Å². The van der Waals surface area contributed by atoms with Crippen LogP contribution in [0.1, 0.15) is 25.1 Å². The van der Waals surface area contributed by atoms with Crippen molar-refractivity contribution in [3.05, 3.63) is 12.2 Å². The second-order valence-electron chi connectivity index (χ2n) is 4.99. The summed E-state index contributed by atoms with van der Waals surface area (Å²) in [6.07, 6.45) is 4.36. The smallest absolute Gasteiger partial charge is 0.315 e. The molecule has 1 fully saturated rings. The molecule has 1 aromatic heterocycles. The van der Waals surface area contributed by atoms with Crippen LogP contribution in [0.4, 0.5) is 4.79 Å². The monoisotopic (exact) mass is 281 g/mol. The SMILES string of the molecule is Cn1cnnc1CCNC(=O)NC1CCCC1C(=O)O. The molecule has 2 amide bonds. The minimum Gasteiger partial charge on any atom is -0.481 e. The number of nitrogens with one attached hydrogen (secondary N) is 2. The van der Waals surface area contributed by atoms with Gasteiger partial charge in [0.05, 0.1) is 5.92 Å². The Labute approximate surface area is 116 Å². The van der Waals surface area contributed by atoms with Crippen LogP contribution in [0, 0.1) is 5.92 Å². The Bertz CT molecular complexity index is 487. The minimum atomic E-state index is -0.841. The second-order valence-corrected chi connectivity index (χ2v) is 4.99. The molecular weight excluding hydrogens is 262 g/mol. The summed E-state index contributed by atoms with van der Waals surface area (Å²) in [5.74, 6) is -0.527. The molecule has 0 spiro atoms. The van der Waals surface area contributed by atoms with Crippen LogP contribution >= 0.6 is 0 Å². The van der Waals surface area contributed by atoms with Gasteiger partial charge in [-0.05, 0) is 12.8 Å². The van der Waals surface area contributed by atoms with E-state index in [0.717, 1.165) is 12.2 Å². The van der Waals surface area contributed by atoms with E-state index in [-0.39, 0.29) is 12.1 Å². The van der Waals surface area contributed by atoms with Gasteiger partial charge in [0, 0.05) is 26.1 Å². The summed E-state index contributed by atoms with van der Waals surface area (Å²) in [5.41, 5.74) is 0. The highest BCUT2D eigenvalue weighted by Gasteiger charge is 2.33. The maximum Gasteiger partial charge on any atom is 0.315 e. The van der Waals surface area contributed by atoms with Crippen LogP contribution in [0.15, 0.2) is 6.33 Å². The second kappa shape index (κ2) is 6.36. The van der Waals surface area contributed by atoms with Crippen molar-refractivity contribution in [2.45, 2.75) is 31.7 Å². The van der Waals surface area contributed by atoms with Crippen LogP contribution in [0.5, 0.6) is 0 Å². The molecule has 1 aromatic rings. The number of rotatable bonds is 5. The fraction of sp³-hybridized carbons (Fsp3) is 0.667. The number of aryl methyl sites for hydroxylation is 1. The first kappa shape index (κ1) is 14.3. The molecule has 20 heavy (non-hydrogen) atoms. The highest BCUT2D eigenvalue weighted by atomic mass is 16.4. The standard InChI is InChI=1S/C12H19N5O3/c1-17-7-14-16-10(17)5-6-13-12(20)15-9-4-2-3-8(9)11(18)19/h7-9H,2-6H2,1H3,(H,18,19)(H2,13,15,20). The van der Waals surface area contributed by atoms with Gasteiger partial charge in [-0.15, -0.1) is 10.2 Å². The Hall–Kier alpha value is -2.12. The number of aliphatic carboxylic acids is 1. The Morgan fingerprint density at radius 3 is 2.95 bits per heavy atom. The molecule has 110 valence electrons. The number of nitrogens with zero attached hydrogens (tertiary/aromatic N) is 3. The lowest BCUT2D eigenvalue weighted by Gasteiger charge is -2.17. The topological polar surface area (TPSA) is 109 Å². The van der Waals surface area contributed by atoms with Crippen molar-refractivity contribution in [3.8, 4) is 0 Å². The Morgan fingerprint density at radius 2 is 2.30 bits per heavy atom.